The minimum absolute atomic E-state index is 0.132. The number of carboxylic acid groups (broad SMARTS) is 2. The standard InChI is InChI=1S/C8H6ClNO4/c1-3-4(9)2-10-6(8(13)14)5(3)7(11)12/h2H,1H3,(H,11,12)(H,13,14). The van der Waals surface area contributed by atoms with Gasteiger partial charge in [0.25, 0.3) is 0 Å². The second-order valence-electron chi connectivity index (χ2n) is 2.57. The Labute approximate surface area is 84.0 Å². The van der Waals surface area contributed by atoms with Gasteiger partial charge in [0.15, 0.2) is 5.69 Å². The minimum atomic E-state index is -1.39. The molecule has 0 spiro atoms. The van der Waals surface area contributed by atoms with Gasteiger partial charge in [0.05, 0.1) is 10.6 Å². The number of carboxylic acids is 2. The van der Waals surface area contributed by atoms with E-state index >= 15 is 0 Å². The Balaban J connectivity index is 3.53. The van der Waals surface area contributed by atoms with E-state index in [0.717, 1.165) is 6.20 Å². The molecule has 1 aromatic heterocycles. The number of hydrogen-bond donors (Lipinski definition) is 2. The molecule has 0 fully saturated rings. The highest BCUT2D eigenvalue weighted by molar-refractivity contribution is 6.31. The molecule has 0 atom stereocenters. The number of hydrogen-bond acceptors (Lipinski definition) is 3. The first-order chi connectivity index (χ1) is 6.45. The average molecular weight is 216 g/mol. The quantitative estimate of drug-likeness (QED) is 0.779. The van der Waals surface area contributed by atoms with Crippen molar-refractivity contribution < 1.29 is 19.8 Å². The molecule has 0 aliphatic rings. The number of aromatic carboxylic acids is 2. The van der Waals surface area contributed by atoms with E-state index in [1.54, 1.807) is 0 Å². The lowest BCUT2D eigenvalue weighted by atomic mass is 10.1. The van der Waals surface area contributed by atoms with Gasteiger partial charge in [-0.2, -0.15) is 0 Å². The van der Waals surface area contributed by atoms with Crippen LogP contribution in [-0.2, 0) is 0 Å². The van der Waals surface area contributed by atoms with Gasteiger partial charge in [-0.1, -0.05) is 11.6 Å². The fourth-order valence-corrected chi connectivity index (χ4v) is 1.15. The lowest BCUT2D eigenvalue weighted by Gasteiger charge is -2.05. The highest BCUT2D eigenvalue weighted by Crippen LogP contribution is 2.20. The van der Waals surface area contributed by atoms with Gasteiger partial charge in [-0.3, -0.25) is 0 Å². The first kappa shape index (κ1) is 10.5. The molecule has 0 radical (unpaired) electrons. The Kier molecular flexibility index (Phi) is 2.71. The molecule has 0 amide bonds. The van der Waals surface area contributed by atoms with Gasteiger partial charge in [-0.05, 0) is 12.5 Å². The molecule has 0 aromatic carbocycles. The lowest BCUT2D eigenvalue weighted by molar-refractivity contribution is 0.0645. The molecule has 5 nitrogen and oxygen atoms in total. The molecule has 6 heteroatoms. The largest absolute Gasteiger partial charge is 0.478 e. The Morgan fingerprint density at radius 1 is 1.36 bits per heavy atom. The SMILES string of the molecule is Cc1c(Cl)cnc(C(=O)O)c1C(=O)O. The molecule has 2 N–H and O–H groups in total. The van der Waals surface area contributed by atoms with E-state index in [9.17, 15) is 9.59 Å². The van der Waals surface area contributed by atoms with E-state index in [0.29, 0.717) is 0 Å². The molecule has 1 rings (SSSR count). The predicted molar refractivity (Wildman–Crippen MR) is 47.9 cm³/mol. The van der Waals surface area contributed by atoms with Crippen molar-refractivity contribution in [1.29, 1.82) is 0 Å². The van der Waals surface area contributed by atoms with Crippen molar-refractivity contribution in [3.8, 4) is 0 Å². The Hall–Kier alpha value is -1.62. The molecule has 74 valence electrons. The number of rotatable bonds is 2. The maximum absolute atomic E-state index is 10.7. The molecule has 0 saturated heterocycles. The van der Waals surface area contributed by atoms with Gasteiger partial charge in [-0.25, -0.2) is 14.6 Å². The molecule has 1 aromatic rings. The summed E-state index contributed by atoms with van der Waals surface area (Å²) in [6.07, 6.45) is 1.12. The fourth-order valence-electron chi connectivity index (χ4n) is 1.00. The number of nitrogens with zero attached hydrogens (tertiary/aromatic N) is 1. The zero-order valence-electron chi connectivity index (χ0n) is 7.11. The Morgan fingerprint density at radius 2 is 1.93 bits per heavy atom. The second kappa shape index (κ2) is 3.63. The van der Waals surface area contributed by atoms with Crippen LogP contribution >= 0.6 is 11.6 Å². The van der Waals surface area contributed by atoms with Crippen molar-refractivity contribution in [2.45, 2.75) is 6.92 Å². The molecular formula is C8H6ClNO4. The number of carbonyl (C=O) groups is 2. The summed E-state index contributed by atoms with van der Waals surface area (Å²) in [5.74, 6) is -2.74. The van der Waals surface area contributed by atoms with Crippen LogP contribution in [0, 0.1) is 6.92 Å². The zero-order valence-corrected chi connectivity index (χ0v) is 7.87. The highest BCUT2D eigenvalue weighted by Gasteiger charge is 2.21. The maximum Gasteiger partial charge on any atom is 0.355 e. The van der Waals surface area contributed by atoms with Crippen LogP contribution < -0.4 is 0 Å². The molecule has 0 saturated carbocycles. The number of pyridine rings is 1. The normalized spacial score (nSPS) is 9.86. The van der Waals surface area contributed by atoms with E-state index in [-0.39, 0.29) is 16.1 Å². The van der Waals surface area contributed by atoms with Crippen LogP contribution in [0.3, 0.4) is 0 Å². The molecule has 0 aliphatic carbocycles. The summed E-state index contributed by atoms with van der Waals surface area (Å²) < 4.78 is 0. The predicted octanol–water partition coefficient (Wildman–Crippen LogP) is 1.44. The summed E-state index contributed by atoms with van der Waals surface area (Å²) in [5, 5.41) is 17.6. The molecule has 14 heavy (non-hydrogen) atoms. The highest BCUT2D eigenvalue weighted by atomic mass is 35.5. The van der Waals surface area contributed by atoms with Gasteiger partial charge in [0, 0.05) is 6.20 Å². The van der Waals surface area contributed by atoms with Crippen LogP contribution in [0.1, 0.15) is 26.4 Å². The van der Waals surface area contributed by atoms with Gasteiger partial charge < -0.3 is 10.2 Å². The van der Waals surface area contributed by atoms with E-state index in [1.165, 1.54) is 6.92 Å². The zero-order chi connectivity index (χ0) is 10.9. The molecule has 0 aliphatic heterocycles. The summed E-state index contributed by atoms with van der Waals surface area (Å²) in [7, 11) is 0. The smallest absolute Gasteiger partial charge is 0.355 e. The minimum Gasteiger partial charge on any atom is -0.478 e. The van der Waals surface area contributed by atoms with Crippen LogP contribution in [0.4, 0.5) is 0 Å². The molecule has 1 heterocycles. The Bertz CT molecular complexity index is 416. The summed E-state index contributed by atoms with van der Waals surface area (Å²) in [6, 6.07) is 0. The summed E-state index contributed by atoms with van der Waals surface area (Å²) in [5.41, 5.74) is -0.670. The van der Waals surface area contributed by atoms with E-state index < -0.39 is 17.6 Å². The molecule has 0 unspecified atom stereocenters. The van der Waals surface area contributed by atoms with E-state index in [1.807, 2.05) is 0 Å². The van der Waals surface area contributed by atoms with Crippen molar-refractivity contribution in [1.82, 2.24) is 4.98 Å². The first-order valence-electron chi connectivity index (χ1n) is 3.56. The van der Waals surface area contributed by atoms with Gasteiger partial charge in [0.1, 0.15) is 0 Å². The summed E-state index contributed by atoms with van der Waals surface area (Å²) >= 11 is 5.62. The Morgan fingerprint density at radius 3 is 2.36 bits per heavy atom. The second-order valence-corrected chi connectivity index (χ2v) is 2.97. The lowest BCUT2D eigenvalue weighted by Crippen LogP contribution is -2.12. The van der Waals surface area contributed by atoms with Gasteiger partial charge >= 0.3 is 11.9 Å². The van der Waals surface area contributed by atoms with Crippen LogP contribution in [0.25, 0.3) is 0 Å². The van der Waals surface area contributed by atoms with Crippen LogP contribution in [0.5, 0.6) is 0 Å². The molecular weight excluding hydrogens is 210 g/mol. The van der Waals surface area contributed by atoms with E-state index in [4.69, 9.17) is 21.8 Å². The van der Waals surface area contributed by atoms with Crippen LogP contribution in [0.15, 0.2) is 6.20 Å². The van der Waals surface area contributed by atoms with Crippen molar-refractivity contribution in [2.75, 3.05) is 0 Å². The topological polar surface area (TPSA) is 87.5 Å². The monoisotopic (exact) mass is 215 g/mol. The third-order valence-electron chi connectivity index (χ3n) is 1.69. The van der Waals surface area contributed by atoms with E-state index in [2.05, 4.69) is 4.98 Å². The van der Waals surface area contributed by atoms with Gasteiger partial charge in [-0.15, -0.1) is 0 Å². The van der Waals surface area contributed by atoms with Crippen LogP contribution in [-0.4, -0.2) is 27.1 Å². The number of aromatic nitrogens is 1. The first-order valence-corrected chi connectivity index (χ1v) is 3.94. The fraction of sp³-hybridized carbons (Fsp3) is 0.125. The maximum atomic E-state index is 10.7. The van der Waals surface area contributed by atoms with Crippen molar-refractivity contribution in [3.05, 3.63) is 28.0 Å². The summed E-state index contributed by atoms with van der Waals surface area (Å²) in [6.45, 7) is 1.43. The van der Waals surface area contributed by atoms with Gasteiger partial charge in [0.2, 0.25) is 0 Å². The van der Waals surface area contributed by atoms with Crippen molar-refractivity contribution in [2.24, 2.45) is 0 Å². The molecule has 0 bridgehead atoms. The third kappa shape index (κ3) is 1.67. The third-order valence-corrected chi connectivity index (χ3v) is 2.07. The summed E-state index contributed by atoms with van der Waals surface area (Å²) in [4.78, 5) is 24.8. The number of halogens is 1. The van der Waals surface area contributed by atoms with Crippen LogP contribution in [0.2, 0.25) is 5.02 Å². The van der Waals surface area contributed by atoms with Crippen molar-refractivity contribution >= 4 is 23.5 Å². The van der Waals surface area contributed by atoms with Crippen molar-refractivity contribution in [3.63, 3.8) is 0 Å². The average Bonchev–Trinajstić information content (AvgIpc) is 2.08.